The summed E-state index contributed by atoms with van der Waals surface area (Å²) in [5, 5.41) is 3.94. The molecule has 0 atom stereocenters. The zero-order valence-corrected chi connectivity index (χ0v) is 12.3. The second-order valence-electron chi connectivity index (χ2n) is 4.74. The molecule has 6 nitrogen and oxygen atoms in total. The Kier molecular flexibility index (Phi) is 6.42. The topological polar surface area (TPSA) is 63.2 Å². The Morgan fingerprint density at radius 1 is 1.41 bits per heavy atom. The van der Waals surface area contributed by atoms with Gasteiger partial charge in [0, 0.05) is 13.1 Å². The maximum atomic E-state index is 11.7. The van der Waals surface area contributed by atoms with E-state index in [-0.39, 0.29) is 12.5 Å². The Morgan fingerprint density at radius 2 is 2.14 bits per heavy atom. The van der Waals surface area contributed by atoms with Crippen molar-refractivity contribution in [2.75, 3.05) is 39.5 Å². The number of morpholine rings is 1. The van der Waals surface area contributed by atoms with Gasteiger partial charge in [0.15, 0.2) is 0 Å². The van der Waals surface area contributed by atoms with Crippen LogP contribution in [0.2, 0.25) is 0 Å². The van der Waals surface area contributed by atoms with Crippen molar-refractivity contribution < 1.29 is 14.3 Å². The molecular weight excluding hydrogens is 282 g/mol. The molecule has 0 unspecified atom stereocenters. The zero-order chi connectivity index (χ0) is 15.6. The minimum Gasteiger partial charge on any atom is -0.481 e. The molecular formula is C16H19N3O3. The standard InChI is InChI=1S/C16H19N3O3/c1-2-9-22-15-5-3-14(4-6-15)12-17-18-16(20)13-19-7-10-21-11-8-19/h1,3-6,12H,7-11,13H2,(H,18,20)/b17-12-. The van der Waals surface area contributed by atoms with Gasteiger partial charge in [-0.2, -0.15) is 5.10 Å². The van der Waals surface area contributed by atoms with Crippen LogP contribution in [0.1, 0.15) is 5.56 Å². The highest BCUT2D eigenvalue weighted by Crippen LogP contribution is 2.10. The third-order valence-corrected chi connectivity index (χ3v) is 3.08. The summed E-state index contributed by atoms with van der Waals surface area (Å²) in [6.45, 7) is 3.46. The molecule has 22 heavy (non-hydrogen) atoms. The lowest BCUT2D eigenvalue weighted by atomic mass is 10.2. The van der Waals surface area contributed by atoms with E-state index >= 15 is 0 Å². The fraction of sp³-hybridized carbons (Fsp3) is 0.375. The molecule has 116 valence electrons. The smallest absolute Gasteiger partial charge is 0.254 e. The monoisotopic (exact) mass is 301 g/mol. The highest BCUT2D eigenvalue weighted by atomic mass is 16.5. The highest BCUT2D eigenvalue weighted by Gasteiger charge is 2.13. The molecule has 0 aliphatic carbocycles. The number of hydrogen-bond donors (Lipinski definition) is 1. The van der Waals surface area contributed by atoms with Crippen molar-refractivity contribution in [1.82, 2.24) is 10.3 Å². The largest absolute Gasteiger partial charge is 0.481 e. The summed E-state index contributed by atoms with van der Waals surface area (Å²) in [5.41, 5.74) is 3.38. The van der Waals surface area contributed by atoms with E-state index in [0.717, 1.165) is 18.7 Å². The number of terminal acetylenes is 1. The Labute approximate surface area is 130 Å². The minimum atomic E-state index is -0.132. The summed E-state index contributed by atoms with van der Waals surface area (Å²) >= 11 is 0. The summed E-state index contributed by atoms with van der Waals surface area (Å²) in [6.07, 6.45) is 6.71. The molecule has 1 amide bonds. The van der Waals surface area contributed by atoms with Gasteiger partial charge in [0.25, 0.3) is 5.91 Å². The van der Waals surface area contributed by atoms with Crippen LogP contribution in [0.4, 0.5) is 0 Å². The van der Waals surface area contributed by atoms with Crippen molar-refractivity contribution in [1.29, 1.82) is 0 Å². The van der Waals surface area contributed by atoms with Crippen molar-refractivity contribution in [3.05, 3.63) is 29.8 Å². The van der Waals surface area contributed by atoms with Crippen molar-refractivity contribution in [3.63, 3.8) is 0 Å². The van der Waals surface area contributed by atoms with Crippen molar-refractivity contribution >= 4 is 12.1 Å². The molecule has 1 fully saturated rings. The Bertz CT molecular complexity index is 543. The molecule has 0 bridgehead atoms. The summed E-state index contributed by atoms with van der Waals surface area (Å²) in [5.74, 6) is 2.97. The van der Waals surface area contributed by atoms with Crippen LogP contribution in [0.25, 0.3) is 0 Å². The first-order valence-electron chi connectivity index (χ1n) is 7.06. The first-order chi connectivity index (χ1) is 10.8. The van der Waals surface area contributed by atoms with Gasteiger partial charge in [0.2, 0.25) is 0 Å². The third-order valence-electron chi connectivity index (χ3n) is 3.08. The molecule has 0 saturated carbocycles. The van der Waals surface area contributed by atoms with Crippen LogP contribution in [-0.2, 0) is 9.53 Å². The van der Waals surface area contributed by atoms with E-state index in [2.05, 4.69) is 16.4 Å². The van der Waals surface area contributed by atoms with Crippen LogP contribution in [0.15, 0.2) is 29.4 Å². The molecule has 1 N–H and O–H groups in total. The first-order valence-corrected chi connectivity index (χ1v) is 7.06. The van der Waals surface area contributed by atoms with Crippen LogP contribution >= 0.6 is 0 Å². The minimum absolute atomic E-state index is 0.132. The summed E-state index contributed by atoms with van der Waals surface area (Å²) in [6, 6.07) is 7.27. The Hall–Kier alpha value is -2.36. The van der Waals surface area contributed by atoms with Gasteiger partial charge in [-0.25, -0.2) is 5.43 Å². The average Bonchev–Trinajstić information content (AvgIpc) is 2.55. The van der Waals surface area contributed by atoms with Gasteiger partial charge in [-0.15, -0.1) is 6.42 Å². The molecule has 1 heterocycles. The number of rotatable bonds is 6. The van der Waals surface area contributed by atoms with Crippen molar-refractivity contribution in [3.8, 4) is 18.1 Å². The van der Waals surface area contributed by atoms with Crippen molar-refractivity contribution in [2.45, 2.75) is 0 Å². The molecule has 1 aliphatic rings. The number of hydrogen-bond acceptors (Lipinski definition) is 5. The van der Waals surface area contributed by atoms with Gasteiger partial charge in [0.1, 0.15) is 12.4 Å². The normalized spacial score (nSPS) is 15.4. The molecule has 0 spiro atoms. The molecule has 1 saturated heterocycles. The number of benzene rings is 1. The Morgan fingerprint density at radius 3 is 2.82 bits per heavy atom. The lowest BCUT2D eigenvalue weighted by molar-refractivity contribution is -0.123. The number of carbonyl (C=O) groups excluding carboxylic acids is 1. The first kappa shape index (κ1) is 16.0. The maximum absolute atomic E-state index is 11.7. The Balaban J connectivity index is 1.74. The van der Waals surface area contributed by atoms with Crippen LogP contribution in [0, 0.1) is 12.3 Å². The lowest BCUT2D eigenvalue weighted by Gasteiger charge is -2.25. The lowest BCUT2D eigenvalue weighted by Crippen LogP contribution is -2.42. The van der Waals surface area contributed by atoms with Gasteiger partial charge < -0.3 is 9.47 Å². The van der Waals surface area contributed by atoms with E-state index < -0.39 is 0 Å². The van der Waals surface area contributed by atoms with Crippen LogP contribution in [0.3, 0.4) is 0 Å². The van der Waals surface area contributed by atoms with Gasteiger partial charge in [-0.3, -0.25) is 9.69 Å². The van der Waals surface area contributed by atoms with Gasteiger partial charge >= 0.3 is 0 Å². The number of ether oxygens (including phenoxy) is 2. The van der Waals surface area contributed by atoms with Gasteiger partial charge in [0.05, 0.1) is 26.0 Å². The predicted octanol–water partition coefficient (Wildman–Crippen LogP) is 0.481. The number of hydrazone groups is 1. The molecule has 0 radical (unpaired) electrons. The quantitative estimate of drug-likeness (QED) is 0.472. The van der Waals surface area contributed by atoms with E-state index in [0.29, 0.717) is 25.5 Å². The van der Waals surface area contributed by atoms with Gasteiger partial charge in [-0.05, 0) is 29.8 Å². The summed E-state index contributed by atoms with van der Waals surface area (Å²) in [7, 11) is 0. The molecule has 1 aliphatic heterocycles. The number of carbonyl (C=O) groups is 1. The zero-order valence-electron chi connectivity index (χ0n) is 12.3. The van der Waals surface area contributed by atoms with E-state index in [1.165, 1.54) is 0 Å². The van der Waals surface area contributed by atoms with Crippen LogP contribution < -0.4 is 10.2 Å². The fourth-order valence-electron chi connectivity index (χ4n) is 1.95. The third kappa shape index (κ3) is 5.56. The highest BCUT2D eigenvalue weighted by molar-refractivity contribution is 5.83. The summed E-state index contributed by atoms with van der Waals surface area (Å²) in [4.78, 5) is 13.8. The molecule has 1 aromatic rings. The maximum Gasteiger partial charge on any atom is 0.254 e. The fourth-order valence-corrected chi connectivity index (χ4v) is 1.95. The van der Waals surface area contributed by atoms with Gasteiger partial charge in [-0.1, -0.05) is 5.92 Å². The van der Waals surface area contributed by atoms with E-state index in [4.69, 9.17) is 15.9 Å². The van der Waals surface area contributed by atoms with E-state index in [1.54, 1.807) is 18.3 Å². The number of nitrogens with zero attached hydrogens (tertiary/aromatic N) is 2. The summed E-state index contributed by atoms with van der Waals surface area (Å²) < 4.78 is 10.5. The average molecular weight is 301 g/mol. The van der Waals surface area contributed by atoms with Crippen molar-refractivity contribution in [2.24, 2.45) is 5.10 Å². The van der Waals surface area contributed by atoms with E-state index in [1.807, 2.05) is 17.0 Å². The second kappa shape index (κ2) is 8.82. The number of amides is 1. The molecule has 6 heteroatoms. The molecule has 2 rings (SSSR count). The van der Waals surface area contributed by atoms with E-state index in [9.17, 15) is 4.79 Å². The molecule has 1 aromatic carbocycles. The van der Waals surface area contributed by atoms with Crippen LogP contribution in [-0.4, -0.2) is 56.5 Å². The number of nitrogens with one attached hydrogen (secondary N) is 1. The second-order valence-corrected chi connectivity index (χ2v) is 4.74. The SMILES string of the molecule is C#CCOc1ccc(/C=N\NC(=O)CN2CCOCC2)cc1. The molecule has 0 aromatic heterocycles. The predicted molar refractivity (Wildman–Crippen MR) is 83.8 cm³/mol. The van der Waals surface area contributed by atoms with Crippen LogP contribution in [0.5, 0.6) is 5.75 Å².